The van der Waals surface area contributed by atoms with E-state index in [4.69, 9.17) is 37.0 Å². The molecular formula is C78H152O17P2. The molecule has 0 aliphatic rings. The quantitative estimate of drug-likeness (QED) is 0.0222. The van der Waals surface area contributed by atoms with E-state index in [9.17, 15) is 43.2 Å². The zero-order chi connectivity index (χ0) is 71.1. The van der Waals surface area contributed by atoms with Crippen LogP contribution in [0.5, 0.6) is 0 Å². The highest BCUT2D eigenvalue weighted by Gasteiger charge is 2.30. The van der Waals surface area contributed by atoms with Gasteiger partial charge in [0, 0.05) is 25.7 Å². The Labute approximate surface area is 594 Å². The molecule has 0 aliphatic carbocycles. The van der Waals surface area contributed by atoms with E-state index in [1.54, 1.807) is 0 Å². The molecule has 0 rings (SSSR count). The van der Waals surface area contributed by atoms with Crippen molar-refractivity contribution in [1.82, 2.24) is 0 Å². The number of aliphatic hydroxyl groups is 1. The summed E-state index contributed by atoms with van der Waals surface area (Å²) in [5.74, 6) is -2.12. The van der Waals surface area contributed by atoms with Crippen LogP contribution in [0.15, 0.2) is 0 Å². The van der Waals surface area contributed by atoms with Gasteiger partial charge >= 0.3 is 39.5 Å². The van der Waals surface area contributed by atoms with Crippen molar-refractivity contribution in [3.05, 3.63) is 0 Å². The van der Waals surface area contributed by atoms with Gasteiger partial charge < -0.3 is 33.8 Å². The number of esters is 4. The second-order valence-corrected chi connectivity index (χ2v) is 31.0. The monoisotopic (exact) mass is 1420 g/mol. The fourth-order valence-corrected chi connectivity index (χ4v) is 13.7. The second kappa shape index (κ2) is 72.4. The van der Waals surface area contributed by atoms with Crippen LogP contribution in [0, 0.1) is 0 Å². The SMILES string of the molecule is CCCCCCCCCCCCCCCCCCCCCCCCC(=O)O[C@H](COC(=O)CCCCCCCCCCCCCCCCCCCCCC)COP(=O)(O)OC[C@@H](O)COP(=O)(O)OC[C@@H](COC(=O)CCCCCCC)OC(=O)CCCCCCCCCCCC. The molecule has 3 N–H and O–H groups in total. The molecule has 0 aromatic carbocycles. The van der Waals surface area contributed by atoms with Gasteiger partial charge in [0.1, 0.15) is 19.3 Å². The van der Waals surface area contributed by atoms with E-state index >= 15 is 0 Å². The van der Waals surface area contributed by atoms with Gasteiger partial charge in [-0.05, 0) is 25.7 Å². The number of phosphoric acid groups is 2. The van der Waals surface area contributed by atoms with Gasteiger partial charge in [0.15, 0.2) is 12.2 Å². The predicted octanol–water partition coefficient (Wildman–Crippen LogP) is 23.4. The summed E-state index contributed by atoms with van der Waals surface area (Å²) in [5, 5.41) is 10.6. The van der Waals surface area contributed by atoms with Crippen molar-refractivity contribution in [2.75, 3.05) is 39.6 Å². The van der Waals surface area contributed by atoms with Gasteiger partial charge in [-0.25, -0.2) is 9.13 Å². The molecule has 0 amide bonds. The van der Waals surface area contributed by atoms with Crippen LogP contribution in [-0.2, 0) is 65.4 Å². The number of ether oxygens (including phenoxy) is 4. The summed E-state index contributed by atoms with van der Waals surface area (Å²) in [6, 6.07) is 0. The van der Waals surface area contributed by atoms with E-state index in [0.29, 0.717) is 25.7 Å². The lowest BCUT2D eigenvalue weighted by atomic mass is 10.0. The highest BCUT2D eigenvalue weighted by Crippen LogP contribution is 2.45. The van der Waals surface area contributed by atoms with Crippen LogP contribution in [0.2, 0.25) is 0 Å². The Morgan fingerprint density at radius 2 is 0.412 bits per heavy atom. The standard InChI is InChI=1S/C78H152O17P2/c1-5-9-13-17-20-23-26-28-30-32-34-36-37-39-41-43-45-47-50-53-57-61-65-78(83)95-74(69-89-76(81)63-59-55-51-49-46-44-42-40-38-35-33-31-29-27-24-21-18-14-10-6-2)71-93-97(86,87)91-67-72(79)66-90-96(84,85)92-70-73(68-88-75(80)62-58-54-16-12-8-4)94-77(82)64-60-56-52-48-25-22-19-15-11-7-3/h72-74,79H,5-71H2,1-4H3,(H,84,85)(H,86,87)/t72-,73+,74+/m0/s1. The minimum absolute atomic E-state index is 0.106. The van der Waals surface area contributed by atoms with Crippen molar-refractivity contribution in [1.29, 1.82) is 0 Å². The first kappa shape index (κ1) is 95.1. The molecule has 0 aromatic heterocycles. The molecule has 0 fully saturated rings. The van der Waals surface area contributed by atoms with E-state index in [1.807, 2.05) is 0 Å². The fraction of sp³-hybridized carbons (Fsp3) is 0.949. The molecule has 0 bridgehead atoms. The largest absolute Gasteiger partial charge is 0.472 e. The maximum atomic E-state index is 13.1. The molecule has 0 aromatic rings. The van der Waals surface area contributed by atoms with Crippen LogP contribution in [0.25, 0.3) is 0 Å². The summed E-state index contributed by atoms with van der Waals surface area (Å²) >= 11 is 0. The molecule has 0 radical (unpaired) electrons. The first-order chi connectivity index (χ1) is 47.2. The molecule has 0 heterocycles. The molecule has 576 valence electrons. The van der Waals surface area contributed by atoms with Gasteiger partial charge in [-0.1, -0.05) is 368 Å². The van der Waals surface area contributed by atoms with Gasteiger partial charge in [0.05, 0.1) is 26.4 Å². The van der Waals surface area contributed by atoms with Gasteiger partial charge in [-0.15, -0.1) is 0 Å². The van der Waals surface area contributed by atoms with E-state index in [-0.39, 0.29) is 25.7 Å². The third kappa shape index (κ3) is 72.2. The van der Waals surface area contributed by atoms with Gasteiger partial charge in [-0.2, -0.15) is 0 Å². The summed E-state index contributed by atoms with van der Waals surface area (Å²) < 4.78 is 68.3. The number of rotatable bonds is 79. The van der Waals surface area contributed by atoms with E-state index in [1.165, 1.54) is 244 Å². The number of hydrogen-bond acceptors (Lipinski definition) is 15. The molecule has 5 atom stereocenters. The van der Waals surface area contributed by atoms with Crippen molar-refractivity contribution in [2.45, 2.75) is 438 Å². The van der Waals surface area contributed by atoms with Crippen LogP contribution >= 0.6 is 15.6 Å². The lowest BCUT2D eigenvalue weighted by Crippen LogP contribution is -2.30. The fourth-order valence-electron chi connectivity index (χ4n) is 12.1. The average Bonchev–Trinajstić information content (AvgIpc) is 1.25. The van der Waals surface area contributed by atoms with Crippen LogP contribution in [-0.4, -0.2) is 96.7 Å². The van der Waals surface area contributed by atoms with Crippen LogP contribution in [0.1, 0.15) is 419 Å². The summed E-state index contributed by atoms with van der Waals surface area (Å²) in [6.07, 6.45) is 64.6. The highest BCUT2D eigenvalue weighted by atomic mass is 31.2. The topological polar surface area (TPSA) is 237 Å². The Morgan fingerprint density at radius 1 is 0.247 bits per heavy atom. The summed E-state index contributed by atoms with van der Waals surface area (Å²) in [5.41, 5.74) is 0. The molecule has 19 heteroatoms. The van der Waals surface area contributed by atoms with E-state index in [0.717, 1.165) is 96.3 Å². The number of carbonyl (C=O) groups is 4. The Morgan fingerprint density at radius 3 is 0.608 bits per heavy atom. The lowest BCUT2D eigenvalue weighted by molar-refractivity contribution is -0.161. The molecule has 17 nitrogen and oxygen atoms in total. The molecule has 0 spiro atoms. The van der Waals surface area contributed by atoms with Crippen molar-refractivity contribution < 1.29 is 80.2 Å². The van der Waals surface area contributed by atoms with Crippen LogP contribution in [0.3, 0.4) is 0 Å². The average molecular weight is 1420 g/mol. The normalized spacial score (nSPS) is 13.8. The van der Waals surface area contributed by atoms with Gasteiger partial charge in [0.25, 0.3) is 0 Å². The first-order valence-electron chi connectivity index (χ1n) is 40.8. The van der Waals surface area contributed by atoms with Crippen LogP contribution < -0.4 is 0 Å². The second-order valence-electron chi connectivity index (χ2n) is 28.1. The minimum Gasteiger partial charge on any atom is -0.462 e. The lowest BCUT2D eigenvalue weighted by Gasteiger charge is -2.21. The minimum atomic E-state index is -4.96. The van der Waals surface area contributed by atoms with Crippen molar-refractivity contribution in [2.24, 2.45) is 0 Å². The van der Waals surface area contributed by atoms with Crippen molar-refractivity contribution in [3.63, 3.8) is 0 Å². The molecular weight excluding hydrogens is 1270 g/mol. The molecule has 97 heavy (non-hydrogen) atoms. The Kier molecular flexibility index (Phi) is 71.0. The number of carbonyl (C=O) groups excluding carboxylic acids is 4. The zero-order valence-corrected chi connectivity index (χ0v) is 64.8. The summed E-state index contributed by atoms with van der Waals surface area (Å²) in [7, 11) is -9.90. The third-order valence-corrected chi connectivity index (χ3v) is 20.3. The Bertz CT molecular complexity index is 1840. The van der Waals surface area contributed by atoms with Gasteiger partial charge in [-0.3, -0.25) is 37.3 Å². The molecule has 0 aliphatic heterocycles. The summed E-state index contributed by atoms with van der Waals surface area (Å²) in [6.45, 7) is 4.89. The zero-order valence-electron chi connectivity index (χ0n) is 63.1. The van der Waals surface area contributed by atoms with Crippen LogP contribution in [0.4, 0.5) is 0 Å². The smallest absolute Gasteiger partial charge is 0.462 e. The number of phosphoric ester groups is 2. The maximum absolute atomic E-state index is 13.1. The number of aliphatic hydroxyl groups excluding tert-OH is 1. The van der Waals surface area contributed by atoms with E-state index in [2.05, 4.69) is 27.7 Å². The summed E-state index contributed by atoms with van der Waals surface area (Å²) in [4.78, 5) is 72.5. The Balaban J connectivity index is 5.08. The van der Waals surface area contributed by atoms with Crippen molar-refractivity contribution in [3.8, 4) is 0 Å². The Hall–Kier alpha value is -1.94. The molecule has 0 saturated carbocycles. The van der Waals surface area contributed by atoms with Gasteiger partial charge in [0.2, 0.25) is 0 Å². The number of hydrogen-bond donors (Lipinski definition) is 3. The third-order valence-electron chi connectivity index (χ3n) is 18.4. The van der Waals surface area contributed by atoms with E-state index < -0.39 is 97.5 Å². The highest BCUT2D eigenvalue weighted by molar-refractivity contribution is 7.47. The maximum Gasteiger partial charge on any atom is 0.472 e. The van der Waals surface area contributed by atoms with Crippen molar-refractivity contribution >= 4 is 39.5 Å². The number of unbranched alkanes of at least 4 members (excludes halogenated alkanes) is 53. The molecule has 2 unspecified atom stereocenters. The predicted molar refractivity (Wildman–Crippen MR) is 395 cm³/mol. The molecule has 0 saturated heterocycles. The first-order valence-corrected chi connectivity index (χ1v) is 43.8.